The second-order valence-electron chi connectivity index (χ2n) is 7.04. The van der Waals surface area contributed by atoms with E-state index in [1.807, 2.05) is 26.0 Å². The van der Waals surface area contributed by atoms with E-state index in [1.165, 1.54) is 4.31 Å². The van der Waals surface area contributed by atoms with Crippen molar-refractivity contribution in [1.82, 2.24) is 9.03 Å². The molecule has 2 fully saturated rings. The summed E-state index contributed by atoms with van der Waals surface area (Å²) in [6.45, 7) is 4.39. The highest BCUT2D eigenvalue weighted by molar-refractivity contribution is 7.87. The quantitative estimate of drug-likeness (QED) is 0.830. The molecule has 1 saturated heterocycles. The van der Waals surface area contributed by atoms with Gasteiger partial charge in [-0.25, -0.2) is 0 Å². The van der Waals surface area contributed by atoms with Gasteiger partial charge in [-0.3, -0.25) is 4.79 Å². The second kappa shape index (κ2) is 6.94. The zero-order valence-corrected chi connectivity index (χ0v) is 15.2. The Hall–Kier alpha value is -1.24. The SMILES string of the molecule is Cc1ccc(C(=O)C2CCCN2S(=O)(=O)NC2CCCC2)cc1C. The fourth-order valence-electron chi connectivity index (χ4n) is 3.70. The largest absolute Gasteiger partial charge is 0.292 e. The van der Waals surface area contributed by atoms with E-state index in [4.69, 9.17) is 0 Å². The van der Waals surface area contributed by atoms with Gasteiger partial charge in [-0.2, -0.15) is 17.4 Å². The normalized spacial score (nSPS) is 23.0. The molecule has 2 aliphatic rings. The van der Waals surface area contributed by atoms with E-state index >= 15 is 0 Å². The maximum absolute atomic E-state index is 12.9. The van der Waals surface area contributed by atoms with Crippen LogP contribution in [0.5, 0.6) is 0 Å². The predicted molar refractivity (Wildman–Crippen MR) is 94.3 cm³/mol. The Morgan fingerprint density at radius 3 is 2.46 bits per heavy atom. The highest BCUT2D eigenvalue weighted by atomic mass is 32.2. The third-order valence-electron chi connectivity index (χ3n) is 5.28. The maximum Gasteiger partial charge on any atom is 0.280 e. The van der Waals surface area contributed by atoms with Crippen LogP contribution in [0.2, 0.25) is 0 Å². The van der Waals surface area contributed by atoms with Crippen LogP contribution < -0.4 is 4.72 Å². The summed E-state index contributed by atoms with van der Waals surface area (Å²) in [5.41, 5.74) is 2.79. The molecule has 1 aliphatic heterocycles. The minimum atomic E-state index is -3.60. The maximum atomic E-state index is 12.9. The van der Waals surface area contributed by atoms with E-state index in [0.717, 1.165) is 43.2 Å². The van der Waals surface area contributed by atoms with Crippen molar-refractivity contribution >= 4 is 16.0 Å². The molecule has 1 atom stereocenters. The molecular weight excluding hydrogens is 324 g/mol. The molecule has 0 bridgehead atoms. The Morgan fingerprint density at radius 2 is 1.79 bits per heavy atom. The van der Waals surface area contributed by atoms with Gasteiger partial charge in [0.15, 0.2) is 5.78 Å². The van der Waals surface area contributed by atoms with Crippen molar-refractivity contribution in [3.63, 3.8) is 0 Å². The van der Waals surface area contributed by atoms with Crippen molar-refractivity contribution in [2.24, 2.45) is 0 Å². The number of nitrogens with one attached hydrogen (secondary N) is 1. The van der Waals surface area contributed by atoms with Gasteiger partial charge in [-0.1, -0.05) is 25.0 Å². The van der Waals surface area contributed by atoms with E-state index < -0.39 is 16.3 Å². The van der Waals surface area contributed by atoms with Gasteiger partial charge in [-0.15, -0.1) is 0 Å². The summed E-state index contributed by atoms with van der Waals surface area (Å²) in [6.07, 6.45) is 5.24. The van der Waals surface area contributed by atoms with Crippen LogP contribution >= 0.6 is 0 Å². The zero-order chi connectivity index (χ0) is 17.3. The lowest BCUT2D eigenvalue weighted by molar-refractivity contribution is 0.0917. The van der Waals surface area contributed by atoms with Crippen LogP contribution in [0.25, 0.3) is 0 Å². The molecule has 132 valence electrons. The third-order valence-corrected chi connectivity index (χ3v) is 6.96. The average molecular weight is 350 g/mol. The molecule has 5 nitrogen and oxygen atoms in total. The summed E-state index contributed by atoms with van der Waals surface area (Å²) < 4.78 is 29.6. The number of carbonyl (C=O) groups excluding carboxylic acids is 1. The van der Waals surface area contributed by atoms with E-state index in [9.17, 15) is 13.2 Å². The van der Waals surface area contributed by atoms with Gasteiger partial charge in [0.1, 0.15) is 0 Å². The van der Waals surface area contributed by atoms with Gasteiger partial charge in [0.25, 0.3) is 10.2 Å². The van der Waals surface area contributed by atoms with Crippen molar-refractivity contribution in [2.45, 2.75) is 64.5 Å². The first-order chi connectivity index (χ1) is 11.4. The number of hydrogen-bond acceptors (Lipinski definition) is 3. The van der Waals surface area contributed by atoms with Crippen LogP contribution in [0.15, 0.2) is 18.2 Å². The Morgan fingerprint density at radius 1 is 1.08 bits per heavy atom. The van der Waals surface area contributed by atoms with Crippen LogP contribution in [0.4, 0.5) is 0 Å². The minimum absolute atomic E-state index is 0.0213. The fraction of sp³-hybridized carbons (Fsp3) is 0.611. The van der Waals surface area contributed by atoms with Crippen molar-refractivity contribution in [2.75, 3.05) is 6.54 Å². The third kappa shape index (κ3) is 3.55. The molecule has 0 spiro atoms. The monoisotopic (exact) mass is 350 g/mol. The summed E-state index contributed by atoms with van der Waals surface area (Å²) in [7, 11) is -3.60. The first-order valence-electron chi connectivity index (χ1n) is 8.79. The molecule has 24 heavy (non-hydrogen) atoms. The summed E-state index contributed by atoms with van der Waals surface area (Å²) in [6, 6.07) is 5.04. The molecule has 0 amide bonds. The molecule has 0 radical (unpaired) electrons. The minimum Gasteiger partial charge on any atom is -0.292 e. The highest BCUT2D eigenvalue weighted by Crippen LogP contribution is 2.26. The number of rotatable bonds is 5. The molecule has 0 aromatic heterocycles. The fourth-order valence-corrected chi connectivity index (χ4v) is 5.40. The first-order valence-corrected chi connectivity index (χ1v) is 10.2. The number of ketones is 1. The number of Topliss-reactive ketones (excluding diaryl/α,β-unsaturated/α-hetero) is 1. The molecule has 1 saturated carbocycles. The standard InChI is InChI=1S/C18H26N2O3S/c1-13-9-10-15(12-14(13)2)18(21)17-8-5-11-20(17)24(22,23)19-16-6-3-4-7-16/h9-10,12,16-17,19H,3-8,11H2,1-2H3. The molecule has 1 N–H and O–H groups in total. The Bertz CT molecular complexity index is 724. The van der Waals surface area contributed by atoms with Gasteiger partial charge in [0.05, 0.1) is 6.04 Å². The summed E-state index contributed by atoms with van der Waals surface area (Å²) in [5, 5.41) is 0. The zero-order valence-electron chi connectivity index (χ0n) is 14.4. The highest BCUT2D eigenvalue weighted by Gasteiger charge is 2.39. The average Bonchev–Trinajstić information content (AvgIpc) is 3.20. The number of nitrogens with zero attached hydrogens (tertiary/aromatic N) is 1. The molecule has 1 heterocycles. The molecule has 1 aromatic carbocycles. The summed E-state index contributed by atoms with van der Waals surface area (Å²) in [4.78, 5) is 12.9. The van der Waals surface area contributed by atoms with Crippen LogP contribution in [-0.2, 0) is 10.2 Å². The van der Waals surface area contributed by atoms with Crippen LogP contribution in [0.3, 0.4) is 0 Å². The molecule has 6 heteroatoms. The van der Waals surface area contributed by atoms with Crippen molar-refractivity contribution in [3.05, 3.63) is 34.9 Å². The van der Waals surface area contributed by atoms with E-state index in [0.29, 0.717) is 18.5 Å². The topological polar surface area (TPSA) is 66.5 Å². The Labute approximate surface area is 144 Å². The predicted octanol–water partition coefficient (Wildman–Crippen LogP) is 2.73. The molecule has 3 rings (SSSR count). The molecular formula is C18H26N2O3S. The number of benzene rings is 1. The van der Waals surface area contributed by atoms with Crippen molar-refractivity contribution in [3.8, 4) is 0 Å². The van der Waals surface area contributed by atoms with Gasteiger partial charge < -0.3 is 0 Å². The lowest BCUT2D eigenvalue weighted by atomic mass is 9.99. The lowest BCUT2D eigenvalue weighted by Gasteiger charge is -2.25. The van der Waals surface area contributed by atoms with Gasteiger partial charge in [-0.05, 0) is 56.7 Å². The van der Waals surface area contributed by atoms with Crippen LogP contribution in [0, 0.1) is 13.8 Å². The first kappa shape index (κ1) is 17.6. The summed E-state index contributed by atoms with van der Waals surface area (Å²) in [5.74, 6) is -0.0904. The molecule has 1 aromatic rings. The number of carbonyl (C=O) groups is 1. The van der Waals surface area contributed by atoms with E-state index in [1.54, 1.807) is 6.07 Å². The van der Waals surface area contributed by atoms with Gasteiger partial charge in [0, 0.05) is 18.2 Å². The van der Waals surface area contributed by atoms with E-state index in [-0.39, 0.29) is 11.8 Å². The van der Waals surface area contributed by atoms with Gasteiger partial charge in [0.2, 0.25) is 0 Å². The van der Waals surface area contributed by atoms with Crippen molar-refractivity contribution in [1.29, 1.82) is 0 Å². The second-order valence-corrected chi connectivity index (χ2v) is 8.69. The number of aryl methyl sites for hydroxylation is 2. The smallest absolute Gasteiger partial charge is 0.280 e. The van der Waals surface area contributed by atoms with Crippen molar-refractivity contribution < 1.29 is 13.2 Å². The molecule has 1 aliphatic carbocycles. The Kier molecular flexibility index (Phi) is 5.08. The number of hydrogen-bond donors (Lipinski definition) is 1. The van der Waals surface area contributed by atoms with E-state index in [2.05, 4.69) is 4.72 Å². The van der Waals surface area contributed by atoms with Crippen LogP contribution in [0.1, 0.15) is 60.0 Å². The summed E-state index contributed by atoms with van der Waals surface area (Å²) >= 11 is 0. The van der Waals surface area contributed by atoms with Crippen LogP contribution in [-0.4, -0.2) is 37.1 Å². The molecule has 1 unspecified atom stereocenters. The lowest BCUT2D eigenvalue weighted by Crippen LogP contribution is -2.48. The van der Waals surface area contributed by atoms with Gasteiger partial charge >= 0.3 is 0 Å². The Balaban J connectivity index is 1.79.